The Hall–Kier alpha value is -3.29. The molecule has 3 heterocycles. The summed E-state index contributed by atoms with van der Waals surface area (Å²) in [4.78, 5) is 38.1. The molecular formula is C15H12N6O2. The number of benzene rings is 1. The fraction of sp³-hybridized carbons (Fsp3) is 0.133. The Morgan fingerprint density at radius 1 is 0.957 bits per heavy atom. The molecule has 2 amide bonds. The molecular weight excluding hydrogens is 296 g/mol. The lowest BCUT2D eigenvalue weighted by atomic mass is 10.1. The first kappa shape index (κ1) is 13.4. The molecule has 1 aliphatic heterocycles. The maximum Gasteiger partial charge on any atom is 0.261 e. The van der Waals surface area contributed by atoms with Crippen LogP contribution in [0.3, 0.4) is 0 Å². The average molecular weight is 308 g/mol. The number of hydrogen-bond acceptors (Lipinski definition) is 6. The van der Waals surface area contributed by atoms with Gasteiger partial charge < -0.3 is 10.3 Å². The molecule has 0 spiro atoms. The Kier molecular flexibility index (Phi) is 2.83. The standard InChI is InChI=1S/C15H12N6O2/c16-12-11-13(18-7-17-12)20(8-19-11)5-6-21-14(22)9-3-1-2-4-10(9)15(21)23/h1-4,7-8H,5-6H2,(H2,16,17,18). The molecule has 0 unspecified atom stereocenters. The van der Waals surface area contributed by atoms with Gasteiger partial charge in [-0.15, -0.1) is 0 Å². The third-order valence-electron chi connectivity index (χ3n) is 3.87. The van der Waals surface area contributed by atoms with E-state index in [1.165, 1.54) is 11.2 Å². The molecule has 0 fully saturated rings. The summed E-state index contributed by atoms with van der Waals surface area (Å²) >= 11 is 0. The van der Waals surface area contributed by atoms with Crippen LogP contribution >= 0.6 is 0 Å². The van der Waals surface area contributed by atoms with Crippen LogP contribution in [0.4, 0.5) is 5.82 Å². The van der Waals surface area contributed by atoms with E-state index in [1.807, 2.05) is 0 Å². The highest BCUT2D eigenvalue weighted by Gasteiger charge is 2.34. The number of amides is 2. The summed E-state index contributed by atoms with van der Waals surface area (Å²) in [5, 5.41) is 0. The zero-order valence-corrected chi connectivity index (χ0v) is 12.0. The average Bonchev–Trinajstić information content (AvgIpc) is 3.08. The molecule has 114 valence electrons. The molecule has 3 aromatic rings. The van der Waals surface area contributed by atoms with E-state index >= 15 is 0 Å². The summed E-state index contributed by atoms with van der Waals surface area (Å²) in [6.07, 6.45) is 2.94. The molecule has 0 aliphatic carbocycles. The highest BCUT2D eigenvalue weighted by atomic mass is 16.2. The minimum Gasteiger partial charge on any atom is -0.382 e. The number of nitrogen functional groups attached to an aromatic ring is 1. The van der Waals surface area contributed by atoms with Crippen molar-refractivity contribution in [2.24, 2.45) is 0 Å². The normalized spacial score (nSPS) is 13.8. The summed E-state index contributed by atoms with van der Waals surface area (Å²) in [5.41, 5.74) is 7.72. The van der Waals surface area contributed by atoms with Gasteiger partial charge in [-0.2, -0.15) is 0 Å². The van der Waals surface area contributed by atoms with Crippen LogP contribution in [0.1, 0.15) is 20.7 Å². The van der Waals surface area contributed by atoms with Crippen LogP contribution in [0, 0.1) is 0 Å². The van der Waals surface area contributed by atoms with Crippen molar-refractivity contribution in [1.29, 1.82) is 0 Å². The zero-order valence-electron chi connectivity index (χ0n) is 12.0. The summed E-state index contributed by atoms with van der Waals surface area (Å²) in [6.45, 7) is 0.625. The summed E-state index contributed by atoms with van der Waals surface area (Å²) < 4.78 is 1.75. The van der Waals surface area contributed by atoms with Crippen LogP contribution in [0.2, 0.25) is 0 Å². The van der Waals surface area contributed by atoms with Gasteiger partial charge in [0.2, 0.25) is 0 Å². The summed E-state index contributed by atoms with van der Waals surface area (Å²) in [6, 6.07) is 6.82. The molecule has 0 saturated carbocycles. The first-order valence-corrected chi connectivity index (χ1v) is 7.03. The number of hydrogen-bond donors (Lipinski definition) is 1. The van der Waals surface area contributed by atoms with E-state index in [1.54, 1.807) is 35.2 Å². The second kappa shape index (κ2) is 4.87. The largest absolute Gasteiger partial charge is 0.382 e. The van der Waals surface area contributed by atoms with Crippen molar-refractivity contribution in [2.45, 2.75) is 6.54 Å². The molecule has 8 nitrogen and oxygen atoms in total. The minimum absolute atomic E-state index is 0.238. The van der Waals surface area contributed by atoms with Crippen LogP contribution in [-0.4, -0.2) is 42.8 Å². The van der Waals surface area contributed by atoms with Crippen molar-refractivity contribution in [3.05, 3.63) is 48.0 Å². The second-order valence-corrected chi connectivity index (χ2v) is 5.18. The Labute approximate surface area is 130 Å². The van der Waals surface area contributed by atoms with Gasteiger partial charge in [-0.25, -0.2) is 15.0 Å². The maximum atomic E-state index is 12.3. The molecule has 8 heteroatoms. The van der Waals surface area contributed by atoms with Crippen LogP contribution in [-0.2, 0) is 6.54 Å². The fourth-order valence-electron chi connectivity index (χ4n) is 2.71. The highest BCUT2D eigenvalue weighted by molar-refractivity contribution is 6.21. The van der Waals surface area contributed by atoms with Gasteiger partial charge in [0, 0.05) is 13.1 Å². The summed E-state index contributed by atoms with van der Waals surface area (Å²) in [5.74, 6) is -0.247. The van der Waals surface area contributed by atoms with Crippen LogP contribution in [0.25, 0.3) is 11.2 Å². The van der Waals surface area contributed by atoms with E-state index in [9.17, 15) is 9.59 Å². The second-order valence-electron chi connectivity index (χ2n) is 5.18. The van der Waals surface area contributed by atoms with Gasteiger partial charge in [0.1, 0.15) is 11.8 Å². The van der Waals surface area contributed by atoms with E-state index in [0.717, 1.165) is 0 Å². The predicted octanol–water partition coefficient (Wildman–Crippen LogP) is 0.705. The van der Waals surface area contributed by atoms with Gasteiger partial charge in [-0.3, -0.25) is 14.5 Å². The third-order valence-corrected chi connectivity index (χ3v) is 3.87. The minimum atomic E-state index is -0.274. The highest BCUT2D eigenvalue weighted by Crippen LogP contribution is 2.22. The Balaban J connectivity index is 1.59. The Morgan fingerprint density at radius 3 is 2.35 bits per heavy atom. The number of carbonyl (C=O) groups excluding carboxylic acids is 2. The molecule has 2 N–H and O–H groups in total. The van der Waals surface area contributed by atoms with Gasteiger partial charge in [0.15, 0.2) is 11.5 Å². The molecule has 0 radical (unpaired) electrons. The lowest BCUT2D eigenvalue weighted by Crippen LogP contribution is -2.32. The molecule has 0 saturated heterocycles. The smallest absolute Gasteiger partial charge is 0.261 e. The van der Waals surface area contributed by atoms with E-state index in [0.29, 0.717) is 34.7 Å². The quantitative estimate of drug-likeness (QED) is 0.714. The van der Waals surface area contributed by atoms with Gasteiger partial charge in [-0.05, 0) is 12.1 Å². The zero-order chi connectivity index (χ0) is 16.0. The van der Waals surface area contributed by atoms with Gasteiger partial charge in [-0.1, -0.05) is 12.1 Å². The number of fused-ring (bicyclic) bond motifs is 2. The lowest BCUT2D eigenvalue weighted by Gasteiger charge is -2.14. The SMILES string of the molecule is Nc1ncnc2c1ncn2CCN1C(=O)c2ccccc2C1=O. The topological polar surface area (TPSA) is 107 Å². The number of anilines is 1. The molecule has 0 atom stereocenters. The van der Waals surface area contributed by atoms with E-state index < -0.39 is 0 Å². The molecule has 23 heavy (non-hydrogen) atoms. The first-order valence-electron chi connectivity index (χ1n) is 7.03. The molecule has 1 aromatic carbocycles. The van der Waals surface area contributed by atoms with E-state index in [2.05, 4.69) is 15.0 Å². The van der Waals surface area contributed by atoms with Crippen molar-refractivity contribution < 1.29 is 9.59 Å². The van der Waals surface area contributed by atoms with Crippen molar-refractivity contribution in [3.8, 4) is 0 Å². The van der Waals surface area contributed by atoms with Gasteiger partial charge in [0.25, 0.3) is 11.8 Å². The number of imide groups is 1. The van der Waals surface area contributed by atoms with Crippen molar-refractivity contribution >= 4 is 28.8 Å². The van der Waals surface area contributed by atoms with Gasteiger partial charge >= 0.3 is 0 Å². The third kappa shape index (κ3) is 1.95. The van der Waals surface area contributed by atoms with Crippen molar-refractivity contribution in [2.75, 3.05) is 12.3 Å². The number of nitrogens with two attached hydrogens (primary N) is 1. The summed E-state index contributed by atoms with van der Waals surface area (Å²) in [7, 11) is 0. The monoisotopic (exact) mass is 308 g/mol. The number of nitrogens with zero attached hydrogens (tertiary/aromatic N) is 5. The molecule has 2 aromatic heterocycles. The molecule has 0 bridgehead atoms. The Bertz CT molecular complexity index is 913. The van der Waals surface area contributed by atoms with E-state index in [4.69, 9.17) is 5.73 Å². The molecule has 1 aliphatic rings. The number of rotatable bonds is 3. The van der Waals surface area contributed by atoms with Crippen molar-refractivity contribution in [1.82, 2.24) is 24.4 Å². The maximum absolute atomic E-state index is 12.3. The number of imidazole rings is 1. The predicted molar refractivity (Wildman–Crippen MR) is 81.5 cm³/mol. The van der Waals surface area contributed by atoms with Crippen LogP contribution in [0.5, 0.6) is 0 Å². The Morgan fingerprint density at radius 2 is 1.65 bits per heavy atom. The number of carbonyl (C=O) groups is 2. The van der Waals surface area contributed by atoms with Crippen LogP contribution < -0.4 is 5.73 Å². The number of aromatic nitrogens is 4. The van der Waals surface area contributed by atoms with Gasteiger partial charge in [0.05, 0.1) is 17.5 Å². The lowest BCUT2D eigenvalue weighted by molar-refractivity contribution is 0.0649. The molecule has 4 rings (SSSR count). The first-order chi connectivity index (χ1) is 11.2. The van der Waals surface area contributed by atoms with Crippen LogP contribution in [0.15, 0.2) is 36.9 Å². The fourth-order valence-corrected chi connectivity index (χ4v) is 2.71. The van der Waals surface area contributed by atoms with Crippen molar-refractivity contribution in [3.63, 3.8) is 0 Å². The van der Waals surface area contributed by atoms with E-state index in [-0.39, 0.29) is 18.4 Å².